The molecule has 0 aliphatic rings. The molecular formula is C13H25NO3. The van der Waals surface area contributed by atoms with Crippen LogP contribution in [0.15, 0.2) is 0 Å². The standard InChI is InChI=1S/C13H25NO3/c1-10(2)6-5-8-14-12(15)7-9-17-13(16)11(3)4/h10-11H,5-9H2,1-4H3,(H,14,15). The molecule has 0 atom stereocenters. The molecule has 0 aromatic rings. The third-order valence-electron chi connectivity index (χ3n) is 2.33. The Hall–Kier alpha value is -1.06. The summed E-state index contributed by atoms with van der Waals surface area (Å²) in [5.41, 5.74) is 0. The zero-order valence-corrected chi connectivity index (χ0v) is 11.4. The van der Waals surface area contributed by atoms with E-state index in [2.05, 4.69) is 19.2 Å². The van der Waals surface area contributed by atoms with Crippen molar-refractivity contribution in [2.75, 3.05) is 13.2 Å². The van der Waals surface area contributed by atoms with Crippen molar-refractivity contribution >= 4 is 11.9 Å². The fourth-order valence-corrected chi connectivity index (χ4v) is 1.24. The van der Waals surface area contributed by atoms with Gasteiger partial charge in [0.1, 0.15) is 6.61 Å². The summed E-state index contributed by atoms with van der Waals surface area (Å²) < 4.78 is 4.92. The van der Waals surface area contributed by atoms with Gasteiger partial charge in [0.05, 0.1) is 12.3 Å². The lowest BCUT2D eigenvalue weighted by atomic mass is 10.1. The first-order chi connectivity index (χ1) is 7.93. The molecule has 0 bridgehead atoms. The van der Waals surface area contributed by atoms with Crippen LogP contribution in [0.3, 0.4) is 0 Å². The number of rotatable bonds is 8. The molecule has 4 heteroatoms. The van der Waals surface area contributed by atoms with Gasteiger partial charge >= 0.3 is 5.97 Å². The fourth-order valence-electron chi connectivity index (χ4n) is 1.24. The summed E-state index contributed by atoms with van der Waals surface area (Å²) in [6, 6.07) is 0. The zero-order chi connectivity index (χ0) is 13.3. The highest BCUT2D eigenvalue weighted by molar-refractivity contribution is 5.76. The molecule has 0 spiro atoms. The summed E-state index contributed by atoms with van der Waals surface area (Å²) in [5.74, 6) is 0.228. The summed E-state index contributed by atoms with van der Waals surface area (Å²) in [4.78, 5) is 22.4. The molecule has 0 unspecified atom stereocenters. The van der Waals surface area contributed by atoms with Gasteiger partial charge in [0.25, 0.3) is 0 Å². The number of carbonyl (C=O) groups is 2. The molecule has 4 nitrogen and oxygen atoms in total. The lowest BCUT2D eigenvalue weighted by molar-refractivity contribution is -0.147. The predicted octanol–water partition coefficient (Wildman–Crippen LogP) is 2.13. The van der Waals surface area contributed by atoms with Gasteiger partial charge in [-0.25, -0.2) is 0 Å². The smallest absolute Gasteiger partial charge is 0.308 e. The molecule has 0 aromatic heterocycles. The van der Waals surface area contributed by atoms with Gasteiger partial charge < -0.3 is 10.1 Å². The van der Waals surface area contributed by atoms with E-state index < -0.39 is 0 Å². The monoisotopic (exact) mass is 243 g/mol. The maximum absolute atomic E-state index is 11.3. The number of amides is 1. The quantitative estimate of drug-likeness (QED) is 0.525. The van der Waals surface area contributed by atoms with Crippen LogP contribution in [0, 0.1) is 11.8 Å². The Morgan fingerprint density at radius 1 is 1.18 bits per heavy atom. The first-order valence-electron chi connectivity index (χ1n) is 6.36. The maximum atomic E-state index is 11.3. The number of hydrogen-bond donors (Lipinski definition) is 1. The molecule has 100 valence electrons. The largest absolute Gasteiger partial charge is 0.465 e. The molecule has 0 fully saturated rings. The summed E-state index contributed by atoms with van der Waals surface area (Å²) >= 11 is 0. The topological polar surface area (TPSA) is 55.4 Å². The fraction of sp³-hybridized carbons (Fsp3) is 0.846. The molecule has 1 N–H and O–H groups in total. The molecule has 1 amide bonds. The Labute approximate surface area is 104 Å². The summed E-state index contributed by atoms with van der Waals surface area (Å²) in [7, 11) is 0. The summed E-state index contributed by atoms with van der Waals surface area (Å²) in [6.07, 6.45) is 2.36. The molecule has 0 aliphatic carbocycles. The van der Waals surface area contributed by atoms with Crippen LogP contribution in [0.5, 0.6) is 0 Å². The lowest BCUT2D eigenvalue weighted by Crippen LogP contribution is -2.26. The van der Waals surface area contributed by atoms with Crippen molar-refractivity contribution in [3.63, 3.8) is 0 Å². The maximum Gasteiger partial charge on any atom is 0.308 e. The summed E-state index contributed by atoms with van der Waals surface area (Å²) in [6.45, 7) is 8.74. The van der Waals surface area contributed by atoms with Crippen molar-refractivity contribution in [1.82, 2.24) is 5.32 Å². The second-order valence-corrected chi connectivity index (χ2v) is 4.96. The Morgan fingerprint density at radius 2 is 1.82 bits per heavy atom. The third-order valence-corrected chi connectivity index (χ3v) is 2.33. The van der Waals surface area contributed by atoms with Gasteiger partial charge in [-0.3, -0.25) is 9.59 Å². The summed E-state index contributed by atoms with van der Waals surface area (Å²) in [5, 5.41) is 2.81. The van der Waals surface area contributed by atoms with E-state index in [0.29, 0.717) is 12.5 Å². The van der Waals surface area contributed by atoms with Gasteiger partial charge in [-0.2, -0.15) is 0 Å². The van der Waals surface area contributed by atoms with E-state index in [-0.39, 0.29) is 30.8 Å². The number of nitrogens with one attached hydrogen (secondary N) is 1. The first kappa shape index (κ1) is 15.9. The van der Waals surface area contributed by atoms with Crippen LogP contribution in [0.2, 0.25) is 0 Å². The predicted molar refractivity (Wildman–Crippen MR) is 67.5 cm³/mol. The van der Waals surface area contributed by atoms with E-state index in [0.717, 1.165) is 12.8 Å². The van der Waals surface area contributed by atoms with E-state index >= 15 is 0 Å². The van der Waals surface area contributed by atoms with Crippen molar-refractivity contribution in [2.24, 2.45) is 11.8 Å². The van der Waals surface area contributed by atoms with Gasteiger partial charge in [0.2, 0.25) is 5.91 Å². The van der Waals surface area contributed by atoms with Gasteiger partial charge in [0.15, 0.2) is 0 Å². The highest BCUT2D eigenvalue weighted by atomic mass is 16.5. The molecule has 0 rings (SSSR count). The van der Waals surface area contributed by atoms with Crippen LogP contribution in [0.4, 0.5) is 0 Å². The number of hydrogen-bond acceptors (Lipinski definition) is 3. The van der Waals surface area contributed by atoms with Crippen molar-refractivity contribution in [3.05, 3.63) is 0 Å². The average Bonchev–Trinajstić information content (AvgIpc) is 2.23. The minimum absolute atomic E-state index is 0.0506. The molecule has 0 aliphatic heterocycles. The highest BCUT2D eigenvalue weighted by Crippen LogP contribution is 2.01. The van der Waals surface area contributed by atoms with Crippen LogP contribution in [-0.4, -0.2) is 25.0 Å². The van der Waals surface area contributed by atoms with E-state index in [1.54, 1.807) is 13.8 Å². The van der Waals surface area contributed by atoms with E-state index in [1.807, 2.05) is 0 Å². The Bertz CT molecular complexity index is 237. The molecule has 0 aromatic carbocycles. The lowest BCUT2D eigenvalue weighted by Gasteiger charge is -2.08. The number of carbonyl (C=O) groups excluding carboxylic acids is 2. The normalized spacial score (nSPS) is 10.7. The van der Waals surface area contributed by atoms with Gasteiger partial charge in [-0.15, -0.1) is 0 Å². The Kier molecular flexibility index (Phi) is 8.46. The van der Waals surface area contributed by atoms with Gasteiger partial charge in [-0.1, -0.05) is 27.7 Å². The SMILES string of the molecule is CC(C)CCCNC(=O)CCOC(=O)C(C)C. The van der Waals surface area contributed by atoms with Crippen LogP contribution in [-0.2, 0) is 14.3 Å². The van der Waals surface area contributed by atoms with Crippen LogP contribution < -0.4 is 5.32 Å². The first-order valence-corrected chi connectivity index (χ1v) is 6.36. The Balaban J connectivity index is 3.44. The average molecular weight is 243 g/mol. The van der Waals surface area contributed by atoms with Crippen molar-refractivity contribution in [1.29, 1.82) is 0 Å². The number of esters is 1. The van der Waals surface area contributed by atoms with Crippen molar-refractivity contribution < 1.29 is 14.3 Å². The second kappa shape index (κ2) is 9.02. The third kappa shape index (κ3) is 9.85. The van der Waals surface area contributed by atoms with Gasteiger partial charge in [0, 0.05) is 6.54 Å². The molecule has 0 radical (unpaired) electrons. The van der Waals surface area contributed by atoms with E-state index in [4.69, 9.17) is 4.74 Å². The zero-order valence-electron chi connectivity index (χ0n) is 11.4. The molecule has 0 saturated carbocycles. The highest BCUT2D eigenvalue weighted by Gasteiger charge is 2.09. The minimum atomic E-state index is -0.252. The number of ether oxygens (including phenoxy) is 1. The van der Waals surface area contributed by atoms with E-state index in [9.17, 15) is 9.59 Å². The van der Waals surface area contributed by atoms with E-state index in [1.165, 1.54) is 0 Å². The van der Waals surface area contributed by atoms with Crippen molar-refractivity contribution in [3.8, 4) is 0 Å². The minimum Gasteiger partial charge on any atom is -0.465 e. The molecule has 17 heavy (non-hydrogen) atoms. The van der Waals surface area contributed by atoms with Crippen molar-refractivity contribution in [2.45, 2.75) is 47.0 Å². The Morgan fingerprint density at radius 3 is 2.35 bits per heavy atom. The molecule has 0 heterocycles. The molecular weight excluding hydrogens is 218 g/mol. The van der Waals surface area contributed by atoms with Crippen LogP contribution in [0.1, 0.15) is 47.0 Å². The van der Waals surface area contributed by atoms with Crippen LogP contribution >= 0.6 is 0 Å². The molecule has 0 saturated heterocycles. The van der Waals surface area contributed by atoms with Gasteiger partial charge in [-0.05, 0) is 18.8 Å². The second-order valence-electron chi connectivity index (χ2n) is 4.96. The van der Waals surface area contributed by atoms with Crippen LogP contribution in [0.25, 0.3) is 0 Å².